The molecule has 228 valence electrons. The van der Waals surface area contributed by atoms with Crippen LogP contribution in [0.1, 0.15) is 69.8 Å². The van der Waals surface area contributed by atoms with Crippen LogP contribution >= 0.6 is 27.7 Å². The number of fused-ring (bicyclic) bond motifs is 4. The molecule has 0 N–H and O–H groups in total. The van der Waals surface area contributed by atoms with Crippen molar-refractivity contribution in [1.29, 1.82) is 5.26 Å². The van der Waals surface area contributed by atoms with Gasteiger partial charge in [-0.25, -0.2) is 19.0 Å². The summed E-state index contributed by atoms with van der Waals surface area (Å²) in [5.41, 5.74) is 2.12. The lowest BCUT2D eigenvalue weighted by atomic mass is 9.79. The molecular formula is C31H35BrFN5O4S. The molecule has 4 atom stereocenters. The molecule has 1 aromatic carbocycles. The van der Waals surface area contributed by atoms with Gasteiger partial charge in [-0.3, -0.25) is 4.90 Å². The molecule has 4 aliphatic rings. The number of amides is 2. The van der Waals surface area contributed by atoms with E-state index in [0.717, 1.165) is 35.9 Å². The van der Waals surface area contributed by atoms with Gasteiger partial charge in [-0.2, -0.15) is 5.26 Å². The van der Waals surface area contributed by atoms with Gasteiger partial charge in [0.2, 0.25) is 0 Å². The van der Waals surface area contributed by atoms with Crippen LogP contribution in [-0.2, 0) is 15.9 Å². The lowest BCUT2D eigenvalue weighted by molar-refractivity contribution is 0.0208. The number of carbonyl (C=O) groups is 2. The predicted octanol–water partition coefficient (Wildman–Crippen LogP) is 7.35. The number of carbonyl (C=O) groups excluding carboxylic acids is 2. The Morgan fingerprint density at radius 1 is 1.23 bits per heavy atom. The lowest BCUT2D eigenvalue weighted by Crippen LogP contribution is -2.45. The van der Waals surface area contributed by atoms with Gasteiger partial charge < -0.3 is 18.9 Å². The Morgan fingerprint density at radius 3 is 2.67 bits per heavy atom. The van der Waals surface area contributed by atoms with Crippen LogP contribution in [0.25, 0.3) is 21.8 Å². The Kier molecular flexibility index (Phi) is 7.78. The van der Waals surface area contributed by atoms with Crippen LogP contribution in [0.2, 0.25) is 0 Å². The topological polar surface area (TPSA) is 101 Å². The van der Waals surface area contributed by atoms with E-state index in [2.05, 4.69) is 32.6 Å². The summed E-state index contributed by atoms with van der Waals surface area (Å²) in [7, 11) is 1.39. The van der Waals surface area contributed by atoms with Crippen LogP contribution in [0.15, 0.2) is 21.6 Å². The Hall–Kier alpha value is -3.04. The highest BCUT2D eigenvalue weighted by Gasteiger charge is 2.57. The van der Waals surface area contributed by atoms with Gasteiger partial charge in [0.05, 0.1) is 41.3 Å². The first-order chi connectivity index (χ1) is 20.5. The average molecular weight is 673 g/mol. The molecule has 43 heavy (non-hydrogen) atoms. The SMILES string of the molecule is COC(=O)N1CCC[C@@H]1c1cc2c(SC)nc3c(F)c(Br)c(CCC#N)cc3c2n1[C@H]1[C@@H]2C[C@H]1N(C(=O)OC(C)(C)C)C2. The van der Waals surface area contributed by atoms with Crippen LogP contribution in [-0.4, -0.2) is 69.6 Å². The zero-order valence-corrected chi connectivity index (χ0v) is 27.3. The molecule has 9 nitrogen and oxygen atoms in total. The summed E-state index contributed by atoms with van der Waals surface area (Å²) in [5, 5.41) is 11.5. The van der Waals surface area contributed by atoms with Crippen LogP contribution in [0, 0.1) is 23.1 Å². The highest BCUT2D eigenvalue weighted by molar-refractivity contribution is 9.10. The summed E-state index contributed by atoms with van der Waals surface area (Å²) in [4.78, 5) is 34.5. The zero-order valence-electron chi connectivity index (χ0n) is 24.9. The fourth-order valence-electron chi connectivity index (χ4n) is 7.12. The molecule has 1 aliphatic carbocycles. The van der Waals surface area contributed by atoms with Gasteiger partial charge in [0.1, 0.15) is 16.1 Å². The normalized spacial score (nSPS) is 23.1. The van der Waals surface area contributed by atoms with E-state index in [1.807, 2.05) is 38.0 Å². The average Bonchev–Trinajstić information content (AvgIpc) is 3.75. The molecule has 12 heteroatoms. The van der Waals surface area contributed by atoms with Crippen molar-refractivity contribution in [3.8, 4) is 6.07 Å². The zero-order chi connectivity index (χ0) is 30.8. The lowest BCUT2D eigenvalue weighted by Gasteiger charge is -2.40. The Morgan fingerprint density at radius 2 is 2.00 bits per heavy atom. The van der Waals surface area contributed by atoms with E-state index in [-0.39, 0.29) is 48.2 Å². The minimum atomic E-state index is -0.615. The van der Waals surface area contributed by atoms with E-state index >= 15 is 4.39 Å². The number of thioether (sulfide) groups is 1. The molecule has 1 saturated carbocycles. The van der Waals surface area contributed by atoms with Crippen molar-refractivity contribution >= 4 is 61.7 Å². The number of aryl methyl sites for hydroxylation is 1. The maximum Gasteiger partial charge on any atom is 0.410 e. The maximum absolute atomic E-state index is 16.0. The van der Waals surface area contributed by atoms with Crippen LogP contribution in [0.5, 0.6) is 0 Å². The van der Waals surface area contributed by atoms with Crippen LogP contribution in [0.4, 0.5) is 14.0 Å². The number of pyridine rings is 1. The van der Waals surface area contributed by atoms with E-state index in [1.54, 1.807) is 4.90 Å². The van der Waals surface area contributed by atoms with Gasteiger partial charge >= 0.3 is 12.2 Å². The number of hydrogen-bond acceptors (Lipinski definition) is 7. The van der Waals surface area contributed by atoms with Crippen molar-refractivity contribution in [2.24, 2.45) is 5.92 Å². The number of nitrogens with zero attached hydrogens (tertiary/aromatic N) is 5. The first kappa shape index (κ1) is 30.0. The van der Waals surface area contributed by atoms with Crippen molar-refractivity contribution < 1.29 is 23.5 Å². The summed E-state index contributed by atoms with van der Waals surface area (Å²) in [6, 6.07) is 5.80. The molecule has 2 amide bonds. The van der Waals surface area contributed by atoms with Gasteiger partial charge in [-0.05, 0) is 86.3 Å². The molecular weight excluding hydrogens is 637 g/mol. The molecule has 3 saturated heterocycles. The van der Waals surface area contributed by atoms with E-state index in [9.17, 15) is 14.9 Å². The van der Waals surface area contributed by atoms with Crippen LogP contribution in [0.3, 0.4) is 0 Å². The summed E-state index contributed by atoms with van der Waals surface area (Å²) in [5.74, 6) is -0.278. The second-order valence-electron chi connectivity index (χ2n) is 12.5. The molecule has 3 aliphatic heterocycles. The van der Waals surface area contributed by atoms with E-state index < -0.39 is 11.4 Å². The maximum atomic E-state index is 16.0. The summed E-state index contributed by atoms with van der Waals surface area (Å²) in [6.45, 7) is 6.74. The third-order valence-corrected chi connectivity index (χ3v) is 10.5. The summed E-state index contributed by atoms with van der Waals surface area (Å²) in [6.07, 6.45) is 4.29. The van der Waals surface area contributed by atoms with Crippen molar-refractivity contribution in [1.82, 2.24) is 19.4 Å². The molecule has 0 radical (unpaired) electrons. The van der Waals surface area contributed by atoms with Crippen LogP contribution < -0.4 is 0 Å². The largest absolute Gasteiger partial charge is 0.453 e. The minimum absolute atomic E-state index is 0.0744. The number of likely N-dealkylation sites (tertiary alicyclic amines) is 1. The predicted molar refractivity (Wildman–Crippen MR) is 166 cm³/mol. The Bertz CT molecular complexity index is 1680. The highest BCUT2D eigenvalue weighted by Crippen LogP contribution is 2.54. The fraction of sp³-hybridized carbons (Fsp3) is 0.548. The number of benzene rings is 1. The number of nitriles is 1. The van der Waals surface area contributed by atoms with Gasteiger partial charge in [-0.15, -0.1) is 11.8 Å². The molecule has 5 heterocycles. The van der Waals surface area contributed by atoms with E-state index in [4.69, 9.17) is 14.5 Å². The third-order valence-electron chi connectivity index (χ3n) is 8.90. The van der Waals surface area contributed by atoms with Crippen molar-refractivity contribution in [3.63, 3.8) is 0 Å². The number of rotatable bonds is 5. The quantitative estimate of drug-likeness (QED) is 0.261. The number of ether oxygens (including phenoxy) is 2. The smallest absolute Gasteiger partial charge is 0.410 e. The molecule has 0 spiro atoms. The summed E-state index contributed by atoms with van der Waals surface area (Å²) >= 11 is 4.88. The van der Waals surface area contributed by atoms with Crippen molar-refractivity contribution in [3.05, 3.63) is 33.7 Å². The number of aromatic nitrogens is 2. The first-order valence-electron chi connectivity index (χ1n) is 14.6. The summed E-state index contributed by atoms with van der Waals surface area (Å²) < 4.78 is 29.5. The molecule has 0 unspecified atom stereocenters. The van der Waals surface area contributed by atoms with Gasteiger partial charge in [0.15, 0.2) is 5.82 Å². The van der Waals surface area contributed by atoms with Gasteiger partial charge in [-0.1, -0.05) is 0 Å². The molecule has 3 aromatic rings. The molecule has 2 aromatic heterocycles. The number of halogens is 2. The number of hydrogen-bond donors (Lipinski definition) is 0. The minimum Gasteiger partial charge on any atom is -0.453 e. The van der Waals surface area contributed by atoms with Crippen molar-refractivity contribution in [2.75, 3.05) is 26.5 Å². The van der Waals surface area contributed by atoms with Gasteiger partial charge in [0.25, 0.3) is 0 Å². The monoisotopic (exact) mass is 671 g/mol. The second-order valence-corrected chi connectivity index (χ2v) is 14.1. The molecule has 7 rings (SSSR count). The molecule has 2 bridgehead atoms. The van der Waals surface area contributed by atoms with E-state index in [1.165, 1.54) is 18.9 Å². The number of methoxy groups -OCH3 is 1. The fourth-order valence-corrected chi connectivity index (χ4v) is 8.18. The standard InChI is InChI=1S/C31H35BrFN5O4S/c1-31(2,3)42-30(40)37-15-17-13-22(37)26(17)38-21(20-9-7-11-36(20)29(39)41-4)14-19-27(38)18-12-16(8-6-10-34)23(32)24(33)25(18)35-28(19)43-5/h12,14,17,20,22,26H,6-9,11,13,15H2,1-5H3/t17-,20-,22-,26+/m1/s1. The van der Waals surface area contributed by atoms with Crippen molar-refractivity contribution in [2.45, 2.75) is 81.6 Å². The third kappa shape index (κ3) is 4.92. The van der Waals surface area contributed by atoms with E-state index in [0.29, 0.717) is 40.0 Å². The Balaban J connectivity index is 1.60. The Labute approximate surface area is 262 Å². The molecule has 4 fully saturated rings. The first-order valence-corrected chi connectivity index (χ1v) is 16.6. The van der Waals surface area contributed by atoms with Gasteiger partial charge in [0, 0.05) is 41.9 Å². The second kappa shape index (κ2) is 11.1. The highest BCUT2D eigenvalue weighted by atomic mass is 79.9.